The van der Waals surface area contributed by atoms with Crippen LogP contribution in [0.5, 0.6) is 0 Å². The van der Waals surface area contributed by atoms with Gasteiger partial charge in [0.15, 0.2) is 0 Å². The van der Waals surface area contributed by atoms with Crippen LogP contribution in [0.25, 0.3) is 0 Å². The smallest absolute Gasteiger partial charge is 0.0152 e. The molecule has 1 aliphatic rings. The molecule has 0 fully saturated rings. The van der Waals surface area contributed by atoms with Gasteiger partial charge in [-0.05, 0) is 43.4 Å². The summed E-state index contributed by atoms with van der Waals surface area (Å²) < 4.78 is 0. The second-order valence-corrected chi connectivity index (χ2v) is 5.87. The summed E-state index contributed by atoms with van der Waals surface area (Å²) in [5.41, 5.74) is 13.4. The Labute approximate surface area is 115 Å². The van der Waals surface area contributed by atoms with Gasteiger partial charge < -0.3 is 5.73 Å². The average molecular weight is 251 g/mol. The molecule has 19 heavy (non-hydrogen) atoms. The Morgan fingerprint density at radius 1 is 1.11 bits per heavy atom. The largest absolute Gasteiger partial charge is 0.327 e. The highest BCUT2D eigenvalue weighted by molar-refractivity contribution is 5.41. The average Bonchev–Trinajstić information content (AvgIpc) is 2.29. The number of fused-ring (bicyclic) bond motifs is 1. The van der Waals surface area contributed by atoms with E-state index < -0.39 is 0 Å². The lowest BCUT2D eigenvalue weighted by molar-refractivity contribution is 0.480. The molecular formula is C18H21N. The molecule has 0 heterocycles. The summed E-state index contributed by atoms with van der Waals surface area (Å²) in [7, 11) is 0. The standard InChI is InChI=1S/C18H21N/c1-12-7-13(2)9-14(8-12)10-18(19)17-11-15-5-3-4-6-16(15)17/h3-9,17-18H,10-11,19H2,1-2H3. The Hall–Kier alpha value is -1.60. The van der Waals surface area contributed by atoms with E-state index >= 15 is 0 Å². The first-order chi connectivity index (χ1) is 9.13. The van der Waals surface area contributed by atoms with Crippen molar-refractivity contribution in [2.75, 3.05) is 0 Å². The van der Waals surface area contributed by atoms with Crippen LogP contribution in [0.2, 0.25) is 0 Å². The Morgan fingerprint density at radius 3 is 2.47 bits per heavy atom. The van der Waals surface area contributed by atoms with E-state index in [1.807, 2.05) is 0 Å². The minimum Gasteiger partial charge on any atom is -0.327 e. The second kappa shape index (κ2) is 4.82. The van der Waals surface area contributed by atoms with Crippen molar-refractivity contribution in [3.63, 3.8) is 0 Å². The number of nitrogens with two attached hydrogens (primary N) is 1. The molecule has 2 N–H and O–H groups in total. The molecule has 2 aromatic carbocycles. The van der Waals surface area contributed by atoms with Gasteiger partial charge in [0.1, 0.15) is 0 Å². The summed E-state index contributed by atoms with van der Waals surface area (Å²) in [5, 5.41) is 0. The molecule has 98 valence electrons. The quantitative estimate of drug-likeness (QED) is 0.887. The van der Waals surface area contributed by atoms with E-state index in [0.717, 1.165) is 12.8 Å². The molecule has 2 unspecified atom stereocenters. The normalized spacial score (nSPS) is 18.6. The van der Waals surface area contributed by atoms with Gasteiger partial charge in [0.05, 0.1) is 0 Å². The van der Waals surface area contributed by atoms with Crippen molar-refractivity contribution in [2.45, 2.75) is 38.6 Å². The number of rotatable bonds is 3. The van der Waals surface area contributed by atoms with Crippen molar-refractivity contribution in [1.29, 1.82) is 0 Å². The highest BCUT2D eigenvalue weighted by atomic mass is 14.7. The fraction of sp³-hybridized carbons (Fsp3) is 0.333. The Balaban J connectivity index is 1.75. The maximum atomic E-state index is 6.43. The van der Waals surface area contributed by atoms with Gasteiger partial charge in [-0.1, -0.05) is 53.6 Å². The van der Waals surface area contributed by atoms with Crippen LogP contribution in [-0.2, 0) is 12.8 Å². The van der Waals surface area contributed by atoms with Gasteiger partial charge in [0, 0.05) is 12.0 Å². The first kappa shape index (κ1) is 12.4. The van der Waals surface area contributed by atoms with E-state index in [9.17, 15) is 0 Å². The number of hydrogen-bond acceptors (Lipinski definition) is 1. The molecule has 2 aromatic rings. The summed E-state index contributed by atoms with van der Waals surface area (Å²) >= 11 is 0. The minimum absolute atomic E-state index is 0.232. The number of aryl methyl sites for hydroxylation is 2. The predicted molar refractivity (Wildman–Crippen MR) is 80.5 cm³/mol. The van der Waals surface area contributed by atoms with Crippen LogP contribution < -0.4 is 5.73 Å². The topological polar surface area (TPSA) is 26.0 Å². The summed E-state index contributed by atoms with van der Waals surface area (Å²) in [5.74, 6) is 0.539. The molecule has 0 saturated heterocycles. The Bertz CT molecular complexity index is 580. The van der Waals surface area contributed by atoms with Crippen LogP contribution in [0.15, 0.2) is 42.5 Å². The third-order valence-corrected chi connectivity index (χ3v) is 4.16. The van der Waals surface area contributed by atoms with Crippen molar-refractivity contribution in [3.8, 4) is 0 Å². The molecule has 1 nitrogen and oxygen atoms in total. The highest BCUT2D eigenvalue weighted by Crippen LogP contribution is 2.37. The van der Waals surface area contributed by atoms with Gasteiger partial charge in [-0.2, -0.15) is 0 Å². The molecule has 0 saturated carbocycles. The van der Waals surface area contributed by atoms with Gasteiger partial charge >= 0.3 is 0 Å². The zero-order chi connectivity index (χ0) is 13.4. The van der Waals surface area contributed by atoms with Crippen LogP contribution in [-0.4, -0.2) is 6.04 Å². The van der Waals surface area contributed by atoms with Gasteiger partial charge in [-0.3, -0.25) is 0 Å². The summed E-state index contributed by atoms with van der Waals surface area (Å²) in [6.07, 6.45) is 2.11. The third kappa shape index (κ3) is 2.43. The highest BCUT2D eigenvalue weighted by Gasteiger charge is 2.30. The molecule has 0 aromatic heterocycles. The van der Waals surface area contributed by atoms with Crippen LogP contribution in [0.4, 0.5) is 0 Å². The predicted octanol–water partition coefficient (Wildman–Crippen LogP) is 3.51. The Kier molecular flexibility index (Phi) is 3.16. The fourth-order valence-corrected chi connectivity index (χ4v) is 3.28. The molecule has 0 aliphatic heterocycles. The van der Waals surface area contributed by atoms with Crippen molar-refractivity contribution in [3.05, 3.63) is 70.3 Å². The minimum atomic E-state index is 0.232. The fourth-order valence-electron chi connectivity index (χ4n) is 3.28. The number of benzene rings is 2. The van der Waals surface area contributed by atoms with E-state index in [1.54, 1.807) is 0 Å². The first-order valence-corrected chi connectivity index (χ1v) is 7.04. The lowest BCUT2D eigenvalue weighted by Crippen LogP contribution is -2.37. The molecule has 0 spiro atoms. The molecule has 0 amide bonds. The molecule has 0 radical (unpaired) electrons. The van der Waals surface area contributed by atoms with E-state index in [2.05, 4.69) is 56.3 Å². The van der Waals surface area contributed by atoms with E-state index in [0.29, 0.717) is 5.92 Å². The Morgan fingerprint density at radius 2 is 1.79 bits per heavy atom. The maximum absolute atomic E-state index is 6.43. The summed E-state index contributed by atoms with van der Waals surface area (Å²) in [6.45, 7) is 4.31. The molecule has 0 bridgehead atoms. The summed E-state index contributed by atoms with van der Waals surface area (Å²) in [4.78, 5) is 0. The SMILES string of the molecule is Cc1cc(C)cc(CC(N)C2Cc3ccccc32)c1. The second-order valence-electron chi connectivity index (χ2n) is 5.87. The van der Waals surface area contributed by atoms with Crippen LogP contribution in [0, 0.1) is 13.8 Å². The number of hydrogen-bond donors (Lipinski definition) is 1. The van der Waals surface area contributed by atoms with Crippen LogP contribution >= 0.6 is 0 Å². The van der Waals surface area contributed by atoms with Gasteiger partial charge in [-0.25, -0.2) is 0 Å². The maximum Gasteiger partial charge on any atom is 0.0152 e. The van der Waals surface area contributed by atoms with E-state index in [4.69, 9.17) is 5.73 Å². The van der Waals surface area contributed by atoms with Crippen LogP contribution in [0.3, 0.4) is 0 Å². The van der Waals surface area contributed by atoms with E-state index in [1.165, 1.54) is 27.8 Å². The van der Waals surface area contributed by atoms with Gasteiger partial charge in [-0.15, -0.1) is 0 Å². The molecule has 1 heteroatoms. The molecule has 2 atom stereocenters. The lowest BCUT2D eigenvalue weighted by atomic mass is 9.72. The molecular weight excluding hydrogens is 230 g/mol. The van der Waals surface area contributed by atoms with Crippen LogP contribution in [0.1, 0.15) is 33.7 Å². The monoisotopic (exact) mass is 251 g/mol. The van der Waals surface area contributed by atoms with E-state index in [-0.39, 0.29) is 6.04 Å². The first-order valence-electron chi connectivity index (χ1n) is 7.04. The third-order valence-electron chi connectivity index (χ3n) is 4.16. The van der Waals surface area contributed by atoms with Crippen molar-refractivity contribution in [2.24, 2.45) is 5.73 Å². The van der Waals surface area contributed by atoms with Gasteiger partial charge in [0.25, 0.3) is 0 Å². The summed E-state index contributed by atoms with van der Waals surface area (Å²) in [6, 6.07) is 15.7. The van der Waals surface area contributed by atoms with Crippen molar-refractivity contribution >= 4 is 0 Å². The van der Waals surface area contributed by atoms with Crippen molar-refractivity contribution in [1.82, 2.24) is 0 Å². The lowest BCUT2D eigenvalue weighted by Gasteiger charge is -2.34. The van der Waals surface area contributed by atoms with Crippen molar-refractivity contribution < 1.29 is 0 Å². The molecule has 1 aliphatic carbocycles. The zero-order valence-corrected chi connectivity index (χ0v) is 11.7. The molecule has 3 rings (SSSR count). The zero-order valence-electron chi connectivity index (χ0n) is 11.7. The van der Waals surface area contributed by atoms with Gasteiger partial charge in [0.2, 0.25) is 0 Å².